The van der Waals surface area contributed by atoms with Gasteiger partial charge in [-0.15, -0.1) is 0 Å². The van der Waals surface area contributed by atoms with Crippen LogP contribution in [-0.2, 0) is 9.53 Å². The van der Waals surface area contributed by atoms with Gasteiger partial charge in [-0.3, -0.25) is 0 Å². The largest absolute Gasteiger partial charge is 0.458 e. The molecule has 4 saturated carbocycles. The Morgan fingerprint density at radius 3 is 2.41 bits per heavy atom. The van der Waals surface area contributed by atoms with Gasteiger partial charge in [-0.05, 0) is 61.3 Å². The first-order valence-corrected chi connectivity index (χ1v) is 11.2. The number of esters is 1. The van der Waals surface area contributed by atoms with Crippen molar-refractivity contribution in [2.75, 3.05) is 6.61 Å². The zero-order valence-corrected chi connectivity index (χ0v) is 17.4. The summed E-state index contributed by atoms with van der Waals surface area (Å²) in [6, 6.07) is 0. The molecule has 9 atom stereocenters. The van der Waals surface area contributed by atoms with E-state index in [0.29, 0.717) is 32.3 Å². The summed E-state index contributed by atoms with van der Waals surface area (Å²) < 4.78 is 5.15. The third-order valence-electron chi connectivity index (χ3n) is 10.1. The third-order valence-corrected chi connectivity index (χ3v) is 10.1. The van der Waals surface area contributed by atoms with Crippen molar-refractivity contribution in [1.29, 1.82) is 0 Å². The number of rotatable bonds is 1. The number of aliphatic hydroxyl groups excluding tert-OH is 2. The summed E-state index contributed by atoms with van der Waals surface area (Å²) in [4.78, 5) is 11.6. The van der Waals surface area contributed by atoms with Gasteiger partial charge in [-0.1, -0.05) is 13.8 Å². The Kier molecular flexibility index (Phi) is 4.17. The van der Waals surface area contributed by atoms with Gasteiger partial charge in [-0.25, -0.2) is 4.79 Å². The fourth-order valence-corrected chi connectivity index (χ4v) is 8.41. The Balaban J connectivity index is 1.53. The van der Waals surface area contributed by atoms with Crippen molar-refractivity contribution in [3.8, 4) is 0 Å². The van der Waals surface area contributed by atoms with E-state index in [9.17, 15) is 25.2 Å². The van der Waals surface area contributed by atoms with Crippen LogP contribution >= 0.6 is 0 Å². The van der Waals surface area contributed by atoms with Crippen LogP contribution in [0.1, 0.15) is 65.2 Å². The fraction of sp³-hybridized carbons (Fsp3) is 0.870. The van der Waals surface area contributed by atoms with Gasteiger partial charge in [0.15, 0.2) is 0 Å². The molecule has 9 unspecified atom stereocenters. The molecule has 0 bridgehead atoms. The van der Waals surface area contributed by atoms with Gasteiger partial charge in [0.05, 0.1) is 23.4 Å². The second-order valence-corrected chi connectivity index (χ2v) is 11.0. The van der Waals surface area contributed by atoms with Gasteiger partial charge in [0, 0.05) is 30.3 Å². The second kappa shape index (κ2) is 6.06. The molecule has 4 aliphatic carbocycles. The summed E-state index contributed by atoms with van der Waals surface area (Å²) >= 11 is 0. The molecule has 6 nitrogen and oxygen atoms in total. The molecule has 1 aliphatic heterocycles. The molecule has 0 spiro atoms. The maximum Gasteiger partial charge on any atom is 0.331 e. The van der Waals surface area contributed by atoms with Crippen molar-refractivity contribution < 1.29 is 30.0 Å². The number of fused-ring (bicyclic) bond motifs is 5. The SMILES string of the molecule is CC12CCC(O)CC1(O)CC(O)C1C2CCC2(C)C(C3=CC(=O)OC3)CCC12O. The van der Waals surface area contributed by atoms with Gasteiger partial charge in [0.25, 0.3) is 0 Å². The van der Waals surface area contributed by atoms with Gasteiger partial charge in [0.2, 0.25) is 0 Å². The number of hydrogen-bond donors (Lipinski definition) is 4. The molecule has 4 N–H and O–H groups in total. The Morgan fingerprint density at radius 1 is 1.00 bits per heavy atom. The van der Waals surface area contributed by atoms with Crippen LogP contribution in [0.15, 0.2) is 11.6 Å². The number of ether oxygens (including phenoxy) is 1. The molecule has 4 fully saturated rings. The monoisotopic (exact) mass is 406 g/mol. The van der Waals surface area contributed by atoms with Crippen LogP contribution in [-0.4, -0.2) is 56.4 Å². The van der Waals surface area contributed by atoms with Gasteiger partial charge in [-0.2, -0.15) is 0 Å². The van der Waals surface area contributed by atoms with Crippen molar-refractivity contribution in [2.45, 2.75) is 88.6 Å². The lowest BCUT2D eigenvalue weighted by Crippen LogP contribution is -2.71. The normalized spacial score (nSPS) is 56.8. The quantitative estimate of drug-likeness (QED) is 0.494. The van der Waals surface area contributed by atoms with Gasteiger partial charge >= 0.3 is 5.97 Å². The summed E-state index contributed by atoms with van der Waals surface area (Å²) in [7, 11) is 0. The van der Waals surface area contributed by atoms with E-state index < -0.39 is 34.2 Å². The first-order chi connectivity index (χ1) is 13.5. The summed E-state index contributed by atoms with van der Waals surface area (Å²) in [5.41, 5.74) is -2.00. The van der Waals surface area contributed by atoms with E-state index in [2.05, 4.69) is 13.8 Å². The van der Waals surface area contributed by atoms with Crippen molar-refractivity contribution in [2.24, 2.45) is 28.6 Å². The molecule has 1 heterocycles. The van der Waals surface area contributed by atoms with Crippen LogP contribution < -0.4 is 0 Å². The highest BCUT2D eigenvalue weighted by molar-refractivity contribution is 5.85. The molecule has 5 rings (SSSR count). The molecular weight excluding hydrogens is 372 g/mol. The number of cyclic esters (lactones) is 1. The minimum Gasteiger partial charge on any atom is -0.458 e. The molecule has 0 saturated heterocycles. The maximum atomic E-state index is 12.1. The molecule has 0 aromatic carbocycles. The smallest absolute Gasteiger partial charge is 0.331 e. The molecular formula is C23H34O6. The Labute approximate surface area is 172 Å². The van der Waals surface area contributed by atoms with Crippen LogP contribution in [0, 0.1) is 28.6 Å². The number of carbonyl (C=O) groups is 1. The van der Waals surface area contributed by atoms with E-state index in [1.807, 2.05) is 0 Å². The first kappa shape index (κ1) is 20.0. The van der Waals surface area contributed by atoms with Crippen LogP contribution in [0.2, 0.25) is 0 Å². The minimum atomic E-state index is -1.10. The molecule has 6 heteroatoms. The minimum absolute atomic E-state index is 0.0102. The molecule has 29 heavy (non-hydrogen) atoms. The van der Waals surface area contributed by atoms with Gasteiger partial charge in [0.1, 0.15) is 6.61 Å². The third kappa shape index (κ3) is 2.40. The van der Waals surface area contributed by atoms with E-state index in [1.54, 1.807) is 6.08 Å². The van der Waals surface area contributed by atoms with E-state index in [4.69, 9.17) is 4.74 Å². The average molecular weight is 407 g/mol. The Hall–Kier alpha value is -0.950. The van der Waals surface area contributed by atoms with Crippen LogP contribution in [0.4, 0.5) is 0 Å². The predicted molar refractivity (Wildman–Crippen MR) is 105 cm³/mol. The summed E-state index contributed by atoms with van der Waals surface area (Å²) in [6.45, 7) is 4.53. The lowest BCUT2D eigenvalue weighted by atomic mass is 9.41. The highest BCUT2D eigenvalue weighted by atomic mass is 16.5. The van der Waals surface area contributed by atoms with Crippen LogP contribution in [0.25, 0.3) is 0 Å². The molecule has 5 aliphatic rings. The molecule has 0 aromatic rings. The van der Waals surface area contributed by atoms with E-state index in [-0.39, 0.29) is 30.1 Å². The van der Waals surface area contributed by atoms with Crippen molar-refractivity contribution in [3.05, 3.63) is 11.6 Å². The van der Waals surface area contributed by atoms with Crippen molar-refractivity contribution >= 4 is 5.97 Å². The van der Waals surface area contributed by atoms with Crippen LogP contribution in [0.3, 0.4) is 0 Å². The summed E-state index contributed by atoms with van der Waals surface area (Å²) in [6.07, 6.45) is 5.12. The Morgan fingerprint density at radius 2 is 1.72 bits per heavy atom. The highest BCUT2D eigenvalue weighted by Crippen LogP contribution is 2.70. The number of hydrogen-bond acceptors (Lipinski definition) is 6. The zero-order chi connectivity index (χ0) is 20.8. The topological polar surface area (TPSA) is 107 Å². The van der Waals surface area contributed by atoms with E-state index >= 15 is 0 Å². The molecule has 162 valence electrons. The summed E-state index contributed by atoms with van der Waals surface area (Å²) in [5, 5.41) is 45.1. The number of aliphatic hydroxyl groups is 4. The van der Waals surface area contributed by atoms with E-state index in [0.717, 1.165) is 24.8 Å². The van der Waals surface area contributed by atoms with Gasteiger partial charge < -0.3 is 25.2 Å². The zero-order valence-electron chi connectivity index (χ0n) is 17.4. The van der Waals surface area contributed by atoms with Crippen molar-refractivity contribution in [3.63, 3.8) is 0 Å². The molecule has 0 aromatic heterocycles. The molecule has 0 amide bonds. The Bertz CT molecular complexity index is 764. The maximum absolute atomic E-state index is 12.1. The fourth-order valence-electron chi connectivity index (χ4n) is 8.41. The van der Waals surface area contributed by atoms with Crippen LogP contribution in [0.5, 0.6) is 0 Å². The highest BCUT2D eigenvalue weighted by Gasteiger charge is 2.72. The van der Waals surface area contributed by atoms with Crippen molar-refractivity contribution in [1.82, 2.24) is 0 Å². The average Bonchev–Trinajstić information content (AvgIpc) is 3.17. The standard InChI is InChI=1S/C23H34O6/c1-20-6-3-14(24)10-22(20,27)11-17(25)19-16(20)4-7-21(2)15(5-8-23(19,21)28)13-9-18(26)29-12-13/h9,14-17,19,24-25,27-28H,3-8,10-12H2,1-2H3. The summed E-state index contributed by atoms with van der Waals surface area (Å²) in [5.74, 6) is -0.515. The molecule has 0 radical (unpaired) electrons. The van der Waals surface area contributed by atoms with E-state index in [1.165, 1.54) is 0 Å². The predicted octanol–water partition coefficient (Wildman–Crippen LogP) is 1.69. The number of carbonyl (C=O) groups excluding carboxylic acids is 1. The first-order valence-electron chi connectivity index (χ1n) is 11.2. The second-order valence-electron chi connectivity index (χ2n) is 11.0. The lowest BCUT2D eigenvalue weighted by molar-refractivity contribution is -0.283. The lowest BCUT2D eigenvalue weighted by Gasteiger charge is -2.67.